The highest BCUT2D eigenvalue weighted by molar-refractivity contribution is 8.26. The molecule has 0 spiro atoms. The maximum Gasteiger partial charge on any atom is 0.267 e. The van der Waals surface area contributed by atoms with Gasteiger partial charge in [-0.15, -0.1) is 0 Å². The van der Waals surface area contributed by atoms with Crippen LogP contribution in [0.1, 0.15) is 25.3 Å². The van der Waals surface area contributed by atoms with Gasteiger partial charge in [-0.2, -0.15) is 0 Å². The van der Waals surface area contributed by atoms with E-state index in [2.05, 4.69) is 5.32 Å². The molecule has 2 aliphatic rings. The molecule has 164 valence electrons. The second kappa shape index (κ2) is 9.22. The average Bonchev–Trinajstić information content (AvgIpc) is 3.20. The number of para-hydroxylation sites is 1. The van der Waals surface area contributed by atoms with E-state index in [1.807, 2.05) is 6.92 Å². The van der Waals surface area contributed by atoms with Crippen molar-refractivity contribution in [3.63, 3.8) is 0 Å². The van der Waals surface area contributed by atoms with E-state index in [4.69, 9.17) is 12.2 Å². The first kappa shape index (κ1) is 22.2. The van der Waals surface area contributed by atoms with Crippen molar-refractivity contribution in [2.45, 2.75) is 19.8 Å². The first-order valence-electron chi connectivity index (χ1n) is 10.1. The highest BCUT2D eigenvalue weighted by atomic mass is 32.2. The molecule has 2 aliphatic heterocycles. The first-order chi connectivity index (χ1) is 15.4. The molecule has 1 saturated heterocycles. The Morgan fingerprint density at radius 1 is 1.06 bits per heavy atom. The molecule has 0 saturated carbocycles. The predicted molar refractivity (Wildman–Crippen MR) is 128 cm³/mol. The van der Waals surface area contributed by atoms with Gasteiger partial charge in [0.15, 0.2) is 0 Å². The molecule has 0 bridgehead atoms. The summed E-state index contributed by atoms with van der Waals surface area (Å²) in [5, 5.41) is 2.66. The number of thioether (sulfide) groups is 1. The third-order valence-electron chi connectivity index (χ3n) is 5.16. The zero-order chi connectivity index (χ0) is 22.8. The van der Waals surface area contributed by atoms with Gasteiger partial charge in [0.25, 0.3) is 11.8 Å². The van der Waals surface area contributed by atoms with Crippen LogP contribution in [0.4, 0.5) is 15.8 Å². The Labute approximate surface area is 194 Å². The molecule has 0 unspecified atom stereocenters. The van der Waals surface area contributed by atoms with E-state index in [9.17, 15) is 18.8 Å². The molecular weight excluding hydrogens is 449 g/mol. The van der Waals surface area contributed by atoms with Crippen molar-refractivity contribution in [3.8, 4) is 0 Å². The molecule has 1 N–H and O–H groups in total. The Hall–Kier alpha value is -3.04. The van der Waals surface area contributed by atoms with Crippen molar-refractivity contribution < 1.29 is 18.8 Å². The van der Waals surface area contributed by atoms with Gasteiger partial charge >= 0.3 is 0 Å². The van der Waals surface area contributed by atoms with Gasteiger partial charge in [0.1, 0.15) is 16.7 Å². The van der Waals surface area contributed by atoms with E-state index < -0.39 is 17.6 Å². The summed E-state index contributed by atoms with van der Waals surface area (Å²) in [6.07, 6.45) is 1.73. The smallest absolute Gasteiger partial charge is 0.267 e. The van der Waals surface area contributed by atoms with Gasteiger partial charge in [-0.1, -0.05) is 55.5 Å². The number of hydrogen-bond donors (Lipinski definition) is 1. The predicted octanol–water partition coefficient (Wildman–Crippen LogP) is 4.18. The number of thiocarbonyl (C=S) groups is 1. The number of carbonyl (C=O) groups is 3. The minimum atomic E-state index is -0.434. The fraction of sp³-hybridized carbons (Fsp3) is 0.217. The summed E-state index contributed by atoms with van der Waals surface area (Å²) in [6, 6.07) is 12.4. The summed E-state index contributed by atoms with van der Waals surface area (Å²) in [5.74, 6) is -1.54. The number of nitrogens with zero attached hydrogens (tertiary/aromatic N) is 2. The molecule has 2 heterocycles. The number of rotatable bonds is 6. The fourth-order valence-corrected chi connectivity index (χ4v) is 4.97. The Kier molecular flexibility index (Phi) is 6.38. The third-order valence-corrected chi connectivity index (χ3v) is 6.61. The first-order valence-corrected chi connectivity index (χ1v) is 11.4. The largest absolute Gasteiger partial charge is 0.325 e. The van der Waals surface area contributed by atoms with Gasteiger partial charge in [-0.3, -0.25) is 24.2 Å². The van der Waals surface area contributed by atoms with Gasteiger partial charge in [-0.25, -0.2) is 4.39 Å². The maximum atomic E-state index is 13.4. The molecule has 3 amide bonds. The molecule has 6 nitrogen and oxygen atoms in total. The minimum Gasteiger partial charge on any atom is -0.325 e. The van der Waals surface area contributed by atoms with E-state index in [1.165, 1.54) is 34.1 Å². The summed E-state index contributed by atoms with van der Waals surface area (Å²) >= 11 is 6.51. The molecule has 2 aromatic carbocycles. The number of hydrogen-bond acceptors (Lipinski definition) is 5. The Morgan fingerprint density at radius 3 is 2.50 bits per heavy atom. The van der Waals surface area contributed by atoms with Gasteiger partial charge in [0.05, 0.1) is 16.2 Å². The third kappa shape index (κ3) is 4.18. The molecule has 32 heavy (non-hydrogen) atoms. The monoisotopic (exact) mass is 469 g/mol. The van der Waals surface area contributed by atoms with E-state index in [1.54, 1.807) is 24.3 Å². The van der Waals surface area contributed by atoms with Crippen LogP contribution in [0, 0.1) is 5.82 Å². The number of amides is 3. The Bertz CT molecular complexity index is 1150. The molecule has 4 rings (SSSR count). The number of nitrogens with one attached hydrogen (secondary N) is 1. The number of benzene rings is 2. The number of halogens is 1. The average molecular weight is 470 g/mol. The highest BCUT2D eigenvalue weighted by Crippen LogP contribution is 2.44. The highest BCUT2D eigenvalue weighted by Gasteiger charge is 2.42. The zero-order valence-corrected chi connectivity index (χ0v) is 18.9. The van der Waals surface area contributed by atoms with Crippen molar-refractivity contribution in [1.29, 1.82) is 0 Å². The normalized spacial score (nSPS) is 17.9. The number of anilines is 2. The summed E-state index contributed by atoms with van der Waals surface area (Å²) in [5.41, 5.74) is 1.85. The number of unbranched alkanes of at least 4 members (excludes halogenated alkanes) is 1. The standard InChI is InChI=1S/C23H20FN3O3S2/c1-2-3-12-26-22(30)20(32-23(26)31)19-16-6-4-5-7-17(16)27(21(19)29)13-18(28)25-15-10-8-14(24)9-11-15/h4-11H,2-3,12-13H2,1H3,(H,25,28). The molecule has 0 aromatic heterocycles. The minimum absolute atomic E-state index is 0.243. The van der Waals surface area contributed by atoms with Crippen molar-refractivity contribution in [2.24, 2.45) is 0 Å². The van der Waals surface area contributed by atoms with Crippen LogP contribution in [0.5, 0.6) is 0 Å². The Morgan fingerprint density at radius 2 is 1.78 bits per heavy atom. The van der Waals surface area contributed by atoms with Crippen LogP contribution >= 0.6 is 24.0 Å². The molecule has 9 heteroatoms. The number of carbonyl (C=O) groups excluding carboxylic acids is 3. The summed E-state index contributed by atoms with van der Waals surface area (Å²) in [7, 11) is 0. The van der Waals surface area contributed by atoms with Crippen molar-refractivity contribution in [3.05, 3.63) is 64.8 Å². The van der Waals surface area contributed by atoms with Crippen LogP contribution in [0.25, 0.3) is 5.57 Å². The van der Waals surface area contributed by atoms with Crippen LogP contribution in [0.2, 0.25) is 0 Å². The lowest BCUT2D eigenvalue weighted by Crippen LogP contribution is -2.35. The molecular formula is C23H20FN3O3S2. The zero-order valence-electron chi connectivity index (χ0n) is 17.3. The van der Waals surface area contributed by atoms with Crippen LogP contribution < -0.4 is 10.2 Å². The summed E-state index contributed by atoms with van der Waals surface area (Å²) < 4.78 is 13.5. The Balaban J connectivity index is 1.62. The van der Waals surface area contributed by atoms with Crippen LogP contribution in [-0.4, -0.2) is 40.0 Å². The second-order valence-electron chi connectivity index (χ2n) is 7.35. The molecule has 0 aliphatic carbocycles. The number of fused-ring (bicyclic) bond motifs is 1. The van der Waals surface area contributed by atoms with E-state index in [-0.39, 0.29) is 18.0 Å². The summed E-state index contributed by atoms with van der Waals surface area (Å²) in [6.45, 7) is 2.30. The van der Waals surface area contributed by atoms with E-state index >= 15 is 0 Å². The van der Waals surface area contributed by atoms with Crippen molar-refractivity contribution in [2.75, 3.05) is 23.3 Å². The van der Waals surface area contributed by atoms with Crippen LogP contribution in [0.3, 0.4) is 0 Å². The van der Waals surface area contributed by atoms with Gasteiger partial charge < -0.3 is 5.32 Å². The van der Waals surface area contributed by atoms with Crippen molar-refractivity contribution in [1.82, 2.24) is 4.90 Å². The van der Waals surface area contributed by atoms with Crippen molar-refractivity contribution >= 4 is 63.0 Å². The topological polar surface area (TPSA) is 69.7 Å². The molecule has 2 aromatic rings. The lowest BCUT2D eigenvalue weighted by atomic mass is 10.1. The summed E-state index contributed by atoms with van der Waals surface area (Å²) in [4.78, 5) is 42.2. The van der Waals surface area contributed by atoms with Gasteiger partial charge in [-0.05, 0) is 36.8 Å². The molecule has 1 fully saturated rings. The lowest BCUT2D eigenvalue weighted by Gasteiger charge is -2.16. The van der Waals surface area contributed by atoms with Gasteiger partial charge in [0.2, 0.25) is 5.91 Å². The molecule has 0 atom stereocenters. The van der Waals surface area contributed by atoms with Crippen LogP contribution in [-0.2, 0) is 14.4 Å². The quantitative estimate of drug-likeness (QED) is 0.508. The SMILES string of the molecule is CCCCN1C(=O)C(=C2C(=O)N(CC(=O)Nc3ccc(F)cc3)c3ccccc32)SC1=S. The van der Waals surface area contributed by atoms with E-state index in [0.29, 0.717) is 32.7 Å². The maximum absolute atomic E-state index is 13.4. The van der Waals surface area contributed by atoms with E-state index in [0.717, 1.165) is 24.6 Å². The van der Waals surface area contributed by atoms with Crippen LogP contribution in [0.15, 0.2) is 53.4 Å². The van der Waals surface area contributed by atoms with Gasteiger partial charge in [0, 0.05) is 17.8 Å². The second-order valence-corrected chi connectivity index (χ2v) is 8.99. The fourth-order valence-electron chi connectivity index (χ4n) is 3.59. The lowest BCUT2D eigenvalue weighted by molar-refractivity contribution is -0.122. The molecule has 0 radical (unpaired) electrons.